The quantitative estimate of drug-likeness (QED) is 0.746. The topological polar surface area (TPSA) is 50.2 Å². The molecule has 0 unspecified atom stereocenters. The normalized spacial score (nSPS) is 22.6. The molecular formula is C21H20ClNO2. The molecule has 0 saturated heterocycles. The summed E-state index contributed by atoms with van der Waals surface area (Å²) in [6, 6.07) is 9.74. The van der Waals surface area contributed by atoms with E-state index in [0.717, 1.165) is 47.2 Å². The molecule has 2 bridgehead atoms. The first kappa shape index (κ1) is 16.3. The second-order valence-electron chi connectivity index (χ2n) is 7.13. The molecule has 1 N–H and O–H groups in total. The molecule has 4 rings (SSSR count). The Hall–Kier alpha value is -2.13. The molecular weight excluding hydrogens is 334 g/mol. The maximum Gasteiger partial charge on any atom is 0.169 e. The third-order valence-corrected chi connectivity index (χ3v) is 5.77. The summed E-state index contributed by atoms with van der Waals surface area (Å²) in [7, 11) is 0. The molecule has 0 aliphatic heterocycles. The number of aliphatic hydroxyl groups is 1. The fourth-order valence-corrected chi connectivity index (χ4v) is 4.36. The van der Waals surface area contributed by atoms with E-state index in [2.05, 4.69) is 4.98 Å². The summed E-state index contributed by atoms with van der Waals surface area (Å²) in [4.78, 5) is 17.2. The summed E-state index contributed by atoms with van der Waals surface area (Å²) in [5, 5.41) is 11.2. The van der Waals surface area contributed by atoms with E-state index in [4.69, 9.17) is 11.6 Å². The van der Waals surface area contributed by atoms with Gasteiger partial charge >= 0.3 is 0 Å². The lowest BCUT2D eigenvalue weighted by molar-refractivity contribution is -0.117. The van der Waals surface area contributed by atoms with Crippen molar-refractivity contribution in [3.05, 3.63) is 58.1 Å². The summed E-state index contributed by atoms with van der Waals surface area (Å²) in [5.74, 6) is 0.583. The molecule has 0 radical (unpaired) electrons. The second-order valence-corrected chi connectivity index (χ2v) is 7.52. The number of hydrogen-bond donors (Lipinski definition) is 1. The number of hydrogen-bond acceptors (Lipinski definition) is 3. The number of allylic oxidation sites excluding steroid dienone is 2. The average molecular weight is 354 g/mol. The zero-order valence-corrected chi connectivity index (χ0v) is 15.1. The first-order valence-electron chi connectivity index (χ1n) is 8.67. The number of aliphatic hydroxyl groups excluding tert-OH is 1. The number of nitrogens with zero attached hydrogens (tertiary/aromatic N) is 1. The van der Waals surface area contributed by atoms with Gasteiger partial charge in [-0.25, -0.2) is 4.98 Å². The molecule has 25 heavy (non-hydrogen) atoms. The molecule has 2 atom stereocenters. The Bertz CT molecular complexity index is 916. The van der Waals surface area contributed by atoms with E-state index >= 15 is 0 Å². The van der Waals surface area contributed by atoms with E-state index in [1.807, 2.05) is 38.1 Å². The van der Waals surface area contributed by atoms with E-state index in [0.29, 0.717) is 10.7 Å². The molecule has 1 heterocycles. The van der Waals surface area contributed by atoms with E-state index in [-0.39, 0.29) is 23.4 Å². The highest BCUT2D eigenvalue weighted by atomic mass is 35.5. The van der Waals surface area contributed by atoms with Crippen molar-refractivity contribution in [3.8, 4) is 11.1 Å². The highest BCUT2D eigenvalue weighted by Crippen LogP contribution is 2.46. The Labute approximate surface area is 152 Å². The van der Waals surface area contributed by atoms with Crippen molar-refractivity contribution in [2.45, 2.75) is 33.1 Å². The van der Waals surface area contributed by atoms with Crippen LogP contribution >= 0.6 is 11.6 Å². The summed E-state index contributed by atoms with van der Waals surface area (Å²) in [5.41, 5.74) is 5.17. The maximum atomic E-state index is 12.9. The number of carbonyl (C=O) groups is 1. The first-order chi connectivity index (χ1) is 12.0. The lowest BCUT2D eigenvalue weighted by Gasteiger charge is -2.23. The molecule has 3 nitrogen and oxygen atoms in total. The van der Waals surface area contributed by atoms with Crippen molar-refractivity contribution in [3.63, 3.8) is 0 Å². The minimum Gasteiger partial charge on any atom is -0.511 e. The third kappa shape index (κ3) is 2.67. The summed E-state index contributed by atoms with van der Waals surface area (Å²) >= 11 is 5.96. The van der Waals surface area contributed by atoms with Gasteiger partial charge in [-0.05, 0) is 68.0 Å². The van der Waals surface area contributed by atoms with Crippen LogP contribution in [0.3, 0.4) is 0 Å². The van der Waals surface area contributed by atoms with Gasteiger partial charge in [-0.2, -0.15) is 0 Å². The Kier molecular flexibility index (Phi) is 3.92. The van der Waals surface area contributed by atoms with Gasteiger partial charge in [0.1, 0.15) is 10.9 Å². The van der Waals surface area contributed by atoms with Crippen LogP contribution in [0, 0.1) is 25.7 Å². The van der Waals surface area contributed by atoms with Gasteiger partial charge in [0.2, 0.25) is 0 Å². The number of aromatic nitrogens is 1. The van der Waals surface area contributed by atoms with Gasteiger partial charge in [-0.3, -0.25) is 4.79 Å². The minimum atomic E-state index is 0.0675. The van der Waals surface area contributed by atoms with Crippen LogP contribution in [0.1, 0.15) is 36.1 Å². The van der Waals surface area contributed by atoms with Crippen LogP contribution in [-0.2, 0) is 4.79 Å². The Balaban J connectivity index is 1.86. The van der Waals surface area contributed by atoms with Gasteiger partial charge in [-0.15, -0.1) is 0 Å². The van der Waals surface area contributed by atoms with Crippen LogP contribution in [0.15, 0.2) is 36.1 Å². The van der Waals surface area contributed by atoms with Gasteiger partial charge in [-0.1, -0.05) is 23.7 Å². The summed E-state index contributed by atoms with van der Waals surface area (Å²) < 4.78 is 0. The summed E-state index contributed by atoms with van der Waals surface area (Å²) in [6.45, 7) is 3.90. The number of fused-ring (bicyclic) bond motifs is 2. The van der Waals surface area contributed by atoms with Crippen molar-refractivity contribution in [2.75, 3.05) is 0 Å². The van der Waals surface area contributed by atoms with Crippen LogP contribution in [0.5, 0.6) is 0 Å². The fourth-order valence-electron chi connectivity index (χ4n) is 4.17. The third-order valence-electron chi connectivity index (χ3n) is 5.56. The van der Waals surface area contributed by atoms with Crippen LogP contribution in [0.4, 0.5) is 0 Å². The lowest BCUT2D eigenvalue weighted by Crippen LogP contribution is -2.21. The van der Waals surface area contributed by atoms with Gasteiger partial charge in [0.15, 0.2) is 5.78 Å². The number of benzene rings is 1. The monoisotopic (exact) mass is 353 g/mol. The van der Waals surface area contributed by atoms with Gasteiger partial charge in [0.25, 0.3) is 0 Å². The molecule has 2 aromatic rings. The number of ketones is 1. The van der Waals surface area contributed by atoms with Crippen LogP contribution < -0.4 is 0 Å². The predicted molar refractivity (Wildman–Crippen MR) is 99.5 cm³/mol. The molecule has 1 fully saturated rings. The predicted octanol–water partition coefficient (Wildman–Crippen LogP) is 5.29. The van der Waals surface area contributed by atoms with Crippen LogP contribution in [0.2, 0.25) is 5.15 Å². The fraction of sp³-hybridized carbons (Fsp3) is 0.333. The van der Waals surface area contributed by atoms with Gasteiger partial charge in [0.05, 0.1) is 5.57 Å². The maximum absolute atomic E-state index is 12.9. The van der Waals surface area contributed by atoms with E-state index in [1.165, 1.54) is 0 Å². The Morgan fingerprint density at radius 3 is 2.60 bits per heavy atom. The standard InChI is InChI=1S/C21H20ClNO2/c1-11-3-4-13(16-7-8-18(22)23-12(16)2)10-17(11)19-20(24)14-5-6-15(9-14)21(19)25/h3-4,7-8,10,14-15,24H,5-6,9H2,1-2H3/t14-,15+/m0/s1. The molecule has 0 spiro atoms. The van der Waals surface area contributed by atoms with E-state index < -0.39 is 0 Å². The largest absolute Gasteiger partial charge is 0.511 e. The number of carbonyl (C=O) groups excluding carboxylic acids is 1. The van der Waals surface area contributed by atoms with Gasteiger partial charge < -0.3 is 5.11 Å². The number of Topliss-reactive ketones (excluding diaryl/α,β-unsaturated/α-hetero) is 1. The SMILES string of the molecule is Cc1ccc(-c2ccc(Cl)nc2C)cc1C1=C(O)[C@H]2CC[C@H](C2)C1=O. The molecule has 4 heteroatoms. The molecule has 128 valence electrons. The smallest absolute Gasteiger partial charge is 0.169 e. The zero-order valence-electron chi connectivity index (χ0n) is 14.3. The first-order valence-corrected chi connectivity index (χ1v) is 9.05. The average Bonchev–Trinajstić information content (AvgIpc) is 3.02. The zero-order chi connectivity index (χ0) is 17.7. The molecule has 1 aromatic heterocycles. The molecule has 2 aliphatic carbocycles. The van der Waals surface area contributed by atoms with Crippen LogP contribution in [0.25, 0.3) is 16.7 Å². The number of aryl methyl sites for hydroxylation is 2. The molecule has 1 aromatic carbocycles. The Morgan fingerprint density at radius 2 is 1.84 bits per heavy atom. The molecule has 1 saturated carbocycles. The van der Waals surface area contributed by atoms with Crippen molar-refractivity contribution in [1.29, 1.82) is 0 Å². The number of pyridine rings is 1. The van der Waals surface area contributed by atoms with Crippen molar-refractivity contribution < 1.29 is 9.90 Å². The molecule has 0 amide bonds. The Morgan fingerprint density at radius 1 is 1.08 bits per heavy atom. The van der Waals surface area contributed by atoms with Crippen molar-refractivity contribution in [2.24, 2.45) is 11.8 Å². The molecule has 2 aliphatic rings. The van der Waals surface area contributed by atoms with Gasteiger partial charge in [0, 0.05) is 23.1 Å². The van der Waals surface area contributed by atoms with Crippen molar-refractivity contribution in [1.82, 2.24) is 4.98 Å². The second kappa shape index (κ2) is 5.99. The minimum absolute atomic E-state index is 0.0675. The van der Waals surface area contributed by atoms with Crippen LogP contribution in [-0.4, -0.2) is 15.9 Å². The van der Waals surface area contributed by atoms with Crippen molar-refractivity contribution >= 4 is 23.0 Å². The van der Waals surface area contributed by atoms with E-state index in [1.54, 1.807) is 6.07 Å². The summed E-state index contributed by atoms with van der Waals surface area (Å²) in [6.07, 6.45) is 2.59. The lowest BCUT2D eigenvalue weighted by atomic mass is 9.81. The number of rotatable bonds is 2. The highest BCUT2D eigenvalue weighted by molar-refractivity contribution is 6.29. The number of halogens is 1. The van der Waals surface area contributed by atoms with E-state index in [9.17, 15) is 9.90 Å². The highest BCUT2D eigenvalue weighted by Gasteiger charge is 2.41.